The number of carbonyl (C=O) groups excluding carboxylic acids is 1. The lowest BCUT2D eigenvalue weighted by atomic mass is 10.2. The molecule has 27 heavy (non-hydrogen) atoms. The number of methoxy groups -OCH3 is 2. The first-order valence-corrected chi connectivity index (χ1v) is 9.71. The van der Waals surface area contributed by atoms with E-state index in [2.05, 4.69) is 9.72 Å². The summed E-state index contributed by atoms with van der Waals surface area (Å²) in [4.78, 5) is 15.5. The first-order valence-electron chi connectivity index (χ1n) is 8.21. The molecule has 0 aliphatic carbocycles. The number of benzene rings is 1. The van der Waals surface area contributed by atoms with Crippen molar-refractivity contribution in [3.63, 3.8) is 0 Å². The van der Waals surface area contributed by atoms with Crippen LogP contribution in [0.5, 0.6) is 0 Å². The third-order valence-electron chi connectivity index (χ3n) is 3.61. The SMILES string of the molecule is COCCCN(Cc1nc(C(=O)OC)co1)S(=O)(=O)C=Cc1ccccc1. The molecular formula is C18H22N2O6S. The van der Waals surface area contributed by atoms with Crippen molar-refractivity contribution in [2.75, 3.05) is 27.4 Å². The molecule has 0 fully saturated rings. The summed E-state index contributed by atoms with van der Waals surface area (Å²) in [6, 6.07) is 9.11. The lowest BCUT2D eigenvalue weighted by Gasteiger charge is -2.18. The molecule has 0 aliphatic rings. The quantitative estimate of drug-likeness (QED) is 0.450. The molecule has 0 radical (unpaired) electrons. The maximum Gasteiger partial charge on any atom is 0.360 e. The van der Waals surface area contributed by atoms with Crippen LogP contribution in [0.3, 0.4) is 0 Å². The van der Waals surface area contributed by atoms with Crippen molar-refractivity contribution >= 4 is 22.1 Å². The number of aromatic nitrogens is 1. The molecule has 8 nitrogen and oxygen atoms in total. The van der Waals surface area contributed by atoms with Gasteiger partial charge in [0.1, 0.15) is 6.26 Å². The largest absolute Gasteiger partial charge is 0.464 e. The van der Waals surface area contributed by atoms with Crippen molar-refractivity contribution in [3.8, 4) is 0 Å². The average molecular weight is 394 g/mol. The molecule has 1 aromatic carbocycles. The summed E-state index contributed by atoms with van der Waals surface area (Å²) >= 11 is 0. The van der Waals surface area contributed by atoms with E-state index in [0.29, 0.717) is 13.0 Å². The van der Waals surface area contributed by atoms with Crippen molar-refractivity contribution in [2.24, 2.45) is 0 Å². The second kappa shape index (κ2) is 10.0. The van der Waals surface area contributed by atoms with Crippen LogP contribution in [-0.2, 0) is 26.0 Å². The highest BCUT2D eigenvalue weighted by Crippen LogP contribution is 2.14. The molecular weight excluding hydrogens is 372 g/mol. The minimum Gasteiger partial charge on any atom is -0.464 e. The summed E-state index contributed by atoms with van der Waals surface area (Å²) in [6.45, 7) is 0.515. The Labute approximate surface area is 158 Å². The van der Waals surface area contributed by atoms with Crippen molar-refractivity contribution in [3.05, 3.63) is 59.2 Å². The van der Waals surface area contributed by atoms with Gasteiger partial charge in [-0.25, -0.2) is 18.2 Å². The van der Waals surface area contributed by atoms with Crippen molar-refractivity contribution in [1.82, 2.24) is 9.29 Å². The number of sulfonamides is 1. The minimum absolute atomic E-state index is 0.0124. The minimum atomic E-state index is -3.73. The molecule has 0 unspecified atom stereocenters. The lowest BCUT2D eigenvalue weighted by Crippen LogP contribution is -2.30. The van der Waals surface area contributed by atoms with Crippen LogP contribution in [0.15, 0.2) is 46.4 Å². The highest BCUT2D eigenvalue weighted by atomic mass is 32.2. The summed E-state index contributed by atoms with van der Waals surface area (Å²) in [5, 5.41) is 1.14. The van der Waals surface area contributed by atoms with Gasteiger partial charge in [0.05, 0.1) is 13.7 Å². The predicted molar refractivity (Wildman–Crippen MR) is 99.1 cm³/mol. The molecule has 2 rings (SSSR count). The lowest BCUT2D eigenvalue weighted by molar-refractivity contribution is 0.0594. The highest BCUT2D eigenvalue weighted by Gasteiger charge is 2.22. The number of hydrogen-bond acceptors (Lipinski definition) is 7. The molecule has 0 amide bonds. The van der Waals surface area contributed by atoms with E-state index >= 15 is 0 Å². The first kappa shape index (κ1) is 20.8. The van der Waals surface area contributed by atoms with E-state index in [1.165, 1.54) is 17.5 Å². The van der Waals surface area contributed by atoms with Gasteiger partial charge in [-0.2, -0.15) is 4.31 Å². The number of carbonyl (C=O) groups is 1. The van der Waals surface area contributed by atoms with Crippen LogP contribution in [0.1, 0.15) is 28.4 Å². The Morgan fingerprint density at radius 1 is 1.26 bits per heavy atom. The smallest absolute Gasteiger partial charge is 0.360 e. The molecule has 146 valence electrons. The number of hydrogen-bond donors (Lipinski definition) is 0. The molecule has 0 aliphatic heterocycles. The number of ether oxygens (including phenoxy) is 2. The van der Waals surface area contributed by atoms with Crippen LogP contribution in [0.2, 0.25) is 0 Å². The fourth-order valence-corrected chi connectivity index (χ4v) is 3.40. The van der Waals surface area contributed by atoms with Gasteiger partial charge in [0, 0.05) is 25.7 Å². The van der Waals surface area contributed by atoms with E-state index < -0.39 is 16.0 Å². The first-order chi connectivity index (χ1) is 13.0. The van der Waals surface area contributed by atoms with Crippen LogP contribution in [0.25, 0.3) is 6.08 Å². The van der Waals surface area contributed by atoms with Gasteiger partial charge in [-0.3, -0.25) is 0 Å². The zero-order chi connectivity index (χ0) is 19.7. The summed E-state index contributed by atoms with van der Waals surface area (Å²) in [5.41, 5.74) is 0.753. The van der Waals surface area contributed by atoms with E-state index in [1.54, 1.807) is 19.2 Å². The molecule has 0 atom stereocenters. The number of oxazole rings is 1. The van der Waals surface area contributed by atoms with Crippen molar-refractivity contribution < 1.29 is 27.1 Å². The van der Waals surface area contributed by atoms with Crippen molar-refractivity contribution in [2.45, 2.75) is 13.0 Å². The molecule has 0 saturated heterocycles. The van der Waals surface area contributed by atoms with Gasteiger partial charge in [-0.05, 0) is 18.1 Å². The Hall–Kier alpha value is -2.49. The molecule has 0 bridgehead atoms. The monoisotopic (exact) mass is 394 g/mol. The van der Waals surface area contributed by atoms with Gasteiger partial charge < -0.3 is 13.9 Å². The number of rotatable bonds is 10. The van der Waals surface area contributed by atoms with E-state index in [4.69, 9.17) is 9.15 Å². The van der Waals surface area contributed by atoms with E-state index in [9.17, 15) is 13.2 Å². The van der Waals surface area contributed by atoms with Gasteiger partial charge in [-0.15, -0.1) is 0 Å². The number of nitrogens with zero attached hydrogens (tertiary/aromatic N) is 2. The maximum atomic E-state index is 12.7. The molecule has 1 aromatic heterocycles. The topological polar surface area (TPSA) is 98.9 Å². The second-order valence-electron chi connectivity index (χ2n) is 5.56. The molecule has 0 N–H and O–H groups in total. The second-order valence-corrected chi connectivity index (χ2v) is 7.37. The van der Waals surface area contributed by atoms with E-state index in [0.717, 1.165) is 17.2 Å². The normalized spacial score (nSPS) is 12.0. The van der Waals surface area contributed by atoms with Gasteiger partial charge in [0.2, 0.25) is 15.9 Å². The summed E-state index contributed by atoms with van der Waals surface area (Å²) < 4.78 is 41.5. The average Bonchev–Trinajstić information content (AvgIpc) is 3.14. The fraction of sp³-hybridized carbons (Fsp3) is 0.333. The third kappa shape index (κ3) is 6.31. The Morgan fingerprint density at radius 2 is 2.00 bits per heavy atom. The molecule has 1 heterocycles. The molecule has 0 saturated carbocycles. The van der Waals surface area contributed by atoms with Crippen LogP contribution in [-0.4, -0.2) is 51.0 Å². The van der Waals surface area contributed by atoms with Gasteiger partial charge in [0.25, 0.3) is 0 Å². The van der Waals surface area contributed by atoms with Crippen LogP contribution < -0.4 is 0 Å². The predicted octanol–water partition coefficient (Wildman–Crippen LogP) is 2.30. The summed E-state index contributed by atoms with van der Waals surface area (Å²) in [7, 11) is -0.959. The zero-order valence-corrected chi connectivity index (χ0v) is 16.0. The van der Waals surface area contributed by atoms with E-state index in [-0.39, 0.29) is 24.7 Å². The van der Waals surface area contributed by atoms with Crippen LogP contribution in [0, 0.1) is 0 Å². The maximum absolute atomic E-state index is 12.7. The van der Waals surface area contributed by atoms with Crippen molar-refractivity contribution in [1.29, 1.82) is 0 Å². The number of esters is 1. The zero-order valence-electron chi connectivity index (χ0n) is 15.2. The Balaban J connectivity index is 2.18. The molecule has 9 heteroatoms. The molecule has 2 aromatic rings. The van der Waals surface area contributed by atoms with Crippen LogP contribution >= 0.6 is 0 Å². The Bertz CT molecular complexity index is 861. The van der Waals surface area contributed by atoms with Gasteiger partial charge >= 0.3 is 5.97 Å². The van der Waals surface area contributed by atoms with Gasteiger partial charge in [-0.1, -0.05) is 30.3 Å². The Kier molecular flexibility index (Phi) is 7.71. The van der Waals surface area contributed by atoms with Gasteiger partial charge in [0.15, 0.2) is 5.69 Å². The fourth-order valence-electron chi connectivity index (χ4n) is 2.23. The van der Waals surface area contributed by atoms with E-state index in [1.807, 2.05) is 18.2 Å². The standard InChI is InChI=1S/C18H22N2O6S/c1-24-11-6-10-20(13-17-19-16(14-26-17)18(21)25-2)27(22,23)12-9-15-7-4-3-5-8-15/h3-5,7-9,12,14H,6,10-11,13H2,1-2H3. The molecule has 0 spiro atoms. The summed E-state index contributed by atoms with van der Waals surface area (Å²) in [6.07, 6.45) is 3.16. The highest BCUT2D eigenvalue weighted by molar-refractivity contribution is 7.92. The summed E-state index contributed by atoms with van der Waals surface area (Å²) in [5.74, 6) is -0.549. The third-order valence-corrected chi connectivity index (χ3v) is 5.12. The van der Waals surface area contributed by atoms with Crippen LogP contribution in [0.4, 0.5) is 0 Å². The Morgan fingerprint density at radius 3 is 2.67 bits per heavy atom.